The Labute approximate surface area is 190 Å². The van der Waals surface area contributed by atoms with Crippen molar-refractivity contribution < 1.29 is 14.3 Å². The molecule has 0 unspecified atom stereocenters. The highest BCUT2D eigenvalue weighted by Gasteiger charge is 2.27. The standard InChI is InChI=1S/C26H33N3O3/c1-18-15-19(16-21-5-3-4-6-24(21)32-2)17-23(27-18)20-11-13-29(14-12-20)26(31)10-8-22-7-9-25(30)28-22/h3-6,15,17,20,22H,7-14,16H2,1-2H3,(H,28,30)/t22-/m0/s1. The first-order valence-corrected chi connectivity index (χ1v) is 11.7. The molecule has 1 atom stereocenters. The zero-order chi connectivity index (χ0) is 22.5. The zero-order valence-electron chi connectivity index (χ0n) is 19.1. The number of ether oxygens (including phenoxy) is 1. The Morgan fingerprint density at radius 3 is 2.69 bits per heavy atom. The Morgan fingerprint density at radius 1 is 1.19 bits per heavy atom. The van der Waals surface area contributed by atoms with Gasteiger partial charge in [0.05, 0.1) is 7.11 Å². The first-order valence-electron chi connectivity index (χ1n) is 11.7. The van der Waals surface area contributed by atoms with Crippen molar-refractivity contribution in [3.8, 4) is 5.75 Å². The number of methoxy groups -OCH3 is 1. The average molecular weight is 436 g/mol. The van der Waals surface area contributed by atoms with E-state index in [-0.39, 0.29) is 17.9 Å². The molecule has 2 aliphatic rings. The fraction of sp³-hybridized carbons (Fsp3) is 0.500. The van der Waals surface area contributed by atoms with Crippen LogP contribution >= 0.6 is 0 Å². The highest BCUT2D eigenvalue weighted by Crippen LogP contribution is 2.29. The number of likely N-dealkylation sites (tertiary alicyclic amines) is 1. The molecule has 6 heteroatoms. The SMILES string of the molecule is COc1ccccc1Cc1cc(C)nc(C2CCN(C(=O)CC[C@@H]3CCC(=O)N3)CC2)c1. The second-order valence-electron chi connectivity index (χ2n) is 9.03. The summed E-state index contributed by atoms with van der Waals surface area (Å²) >= 11 is 0. The molecule has 1 N–H and O–H groups in total. The van der Waals surface area contributed by atoms with Crippen LogP contribution < -0.4 is 10.1 Å². The van der Waals surface area contributed by atoms with Crippen LogP contribution in [0.5, 0.6) is 5.75 Å². The minimum Gasteiger partial charge on any atom is -0.496 e. The topological polar surface area (TPSA) is 71.5 Å². The molecule has 0 saturated carbocycles. The van der Waals surface area contributed by atoms with E-state index in [1.165, 1.54) is 11.1 Å². The molecule has 1 aromatic heterocycles. The largest absolute Gasteiger partial charge is 0.496 e. The molecule has 2 saturated heterocycles. The van der Waals surface area contributed by atoms with Gasteiger partial charge in [-0.05, 0) is 61.9 Å². The van der Waals surface area contributed by atoms with Crippen LogP contribution in [0, 0.1) is 6.92 Å². The van der Waals surface area contributed by atoms with Gasteiger partial charge in [-0.2, -0.15) is 0 Å². The van der Waals surface area contributed by atoms with Crippen molar-refractivity contribution in [1.29, 1.82) is 0 Å². The van der Waals surface area contributed by atoms with Gasteiger partial charge in [-0.15, -0.1) is 0 Å². The van der Waals surface area contributed by atoms with Crippen LogP contribution in [0.15, 0.2) is 36.4 Å². The molecular formula is C26H33N3O3. The van der Waals surface area contributed by atoms with Crippen molar-refractivity contribution in [1.82, 2.24) is 15.2 Å². The van der Waals surface area contributed by atoms with Gasteiger partial charge in [-0.1, -0.05) is 18.2 Å². The van der Waals surface area contributed by atoms with Crippen LogP contribution in [0.2, 0.25) is 0 Å². The van der Waals surface area contributed by atoms with Gasteiger partial charge in [0, 0.05) is 55.7 Å². The molecule has 2 aromatic rings. The number of hydrogen-bond acceptors (Lipinski definition) is 4. The number of nitrogens with zero attached hydrogens (tertiary/aromatic N) is 2. The molecule has 0 spiro atoms. The summed E-state index contributed by atoms with van der Waals surface area (Å²) in [7, 11) is 1.71. The number of amides is 2. The number of hydrogen-bond donors (Lipinski definition) is 1. The summed E-state index contributed by atoms with van der Waals surface area (Å²) in [4.78, 5) is 30.8. The van der Waals surface area contributed by atoms with Gasteiger partial charge in [-0.25, -0.2) is 0 Å². The molecule has 0 bridgehead atoms. The van der Waals surface area contributed by atoms with E-state index in [4.69, 9.17) is 9.72 Å². The third-order valence-electron chi connectivity index (χ3n) is 6.68. The predicted octanol–water partition coefficient (Wildman–Crippen LogP) is 3.75. The zero-order valence-corrected chi connectivity index (χ0v) is 19.1. The lowest BCUT2D eigenvalue weighted by atomic mass is 9.91. The Morgan fingerprint density at radius 2 is 1.97 bits per heavy atom. The summed E-state index contributed by atoms with van der Waals surface area (Å²) in [6.45, 7) is 3.60. The fourth-order valence-electron chi connectivity index (χ4n) is 4.92. The summed E-state index contributed by atoms with van der Waals surface area (Å²) in [5, 5.41) is 2.95. The average Bonchev–Trinajstić information content (AvgIpc) is 3.22. The maximum atomic E-state index is 12.6. The lowest BCUT2D eigenvalue weighted by Gasteiger charge is -2.32. The molecule has 3 heterocycles. The molecular weight excluding hydrogens is 402 g/mol. The number of benzene rings is 1. The highest BCUT2D eigenvalue weighted by molar-refractivity contribution is 5.79. The smallest absolute Gasteiger partial charge is 0.222 e. The number of para-hydroxylation sites is 1. The van der Waals surface area contributed by atoms with E-state index in [2.05, 4.69) is 30.4 Å². The van der Waals surface area contributed by atoms with Gasteiger partial charge in [0.15, 0.2) is 0 Å². The van der Waals surface area contributed by atoms with Crippen molar-refractivity contribution in [2.45, 2.75) is 63.8 Å². The summed E-state index contributed by atoms with van der Waals surface area (Å²) in [6, 6.07) is 12.7. The normalized spacial score (nSPS) is 19.1. The van der Waals surface area contributed by atoms with Crippen LogP contribution in [-0.4, -0.2) is 47.9 Å². The molecule has 0 radical (unpaired) electrons. The van der Waals surface area contributed by atoms with Crippen LogP contribution in [0.25, 0.3) is 0 Å². The lowest BCUT2D eigenvalue weighted by Crippen LogP contribution is -2.38. The van der Waals surface area contributed by atoms with Crippen molar-refractivity contribution in [2.75, 3.05) is 20.2 Å². The molecule has 2 amide bonds. The number of aromatic nitrogens is 1. The van der Waals surface area contributed by atoms with Crippen molar-refractivity contribution in [3.05, 3.63) is 58.9 Å². The molecule has 4 rings (SSSR count). The first kappa shape index (κ1) is 22.3. The summed E-state index contributed by atoms with van der Waals surface area (Å²) < 4.78 is 5.51. The van der Waals surface area contributed by atoms with E-state index in [1.807, 2.05) is 23.1 Å². The number of rotatable bonds is 7. The predicted molar refractivity (Wildman–Crippen MR) is 124 cm³/mol. The number of piperidine rings is 1. The molecule has 2 aliphatic heterocycles. The maximum absolute atomic E-state index is 12.6. The number of carbonyl (C=O) groups is 2. The third kappa shape index (κ3) is 5.47. The van der Waals surface area contributed by atoms with E-state index in [0.29, 0.717) is 18.8 Å². The van der Waals surface area contributed by atoms with Gasteiger partial charge in [0.1, 0.15) is 5.75 Å². The van der Waals surface area contributed by atoms with Gasteiger partial charge in [-0.3, -0.25) is 14.6 Å². The van der Waals surface area contributed by atoms with Crippen molar-refractivity contribution in [3.63, 3.8) is 0 Å². The van der Waals surface area contributed by atoms with Crippen molar-refractivity contribution in [2.24, 2.45) is 0 Å². The number of carbonyl (C=O) groups excluding carboxylic acids is 2. The second-order valence-corrected chi connectivity index (χ2v) is 9.03. The van der Waals surface area contributed by atoms with Crippen LogP contribution in [0.1, 0.15) is 67.0 Å². The highest BCUT2D eigenvalue weighted by atomic mass is 16.5. The van der Waals surface area contributed by atoms with Crippen LogP contribution in [0.4, 0.5) is 0 Å². The number of nitrogens with one attached hydrogen (secondary N) is 1. The summed E-state index contributed by atoms with van der Waals surface area (Å²) in [6.07, 6.45) is 5.40. The monoisotopic (exact) mass is 435 g/mol. The molecule has 170 valence electrons. The fourth-order valence-corrected chi connectivity index (χ4v) is 4.92. The summed E-state index contributed by atoms with van der Waals surface area (Å²) in [5.74, 6) is 1.61. The Bertz CT molecular complexity index is 967. The van der Waals surface area contributed by atoms with E-state index in [9.17, 15) is 9.59 Å². The van der Waals surface area contributed by atoms with Gasteiger partial charge < -0.3 is 15.0 Å². The van der Waals surface area contributed by atoms with E-state index in [0.717, 1.165) is 62.3 Å². The Hall–Kier alpha value is -2.89. The molecule has 32 heavy (non-hydrogen) atoms. The van der Waals surface area contributed by atoms with Crippen LogP contribution in [-0.2, 0) is 16.0 Å². The van der Waals surface area contributed by atoms with Gasteiger partial charge >= 0.3 is 0 Å². The van der Waals surface area contributed by atoms with E-state index < -0.39 is 0 Å². The van der Waals surface area contributed by atoms with E-state index in [1.54, 1.807) is 7.11 Å². The molecule has 6 nitrogen and oxygen atoms in total. The molecule has 1 aromatic carbocycles. The maximum Gasteiger partial charge on any atom is 0.222 e. The van der Waals surface area contributed by atoms with Gasteiger partial charge in [0.25, 0.3) is 0 Å². The Kier molecular flexibility index (Phi) is 7.08. The first-order chi connectivity index (χ1) is 15.5. The molecule has 2 fully saturated rings. The Balaban J connectivity index is 1.34. The van der Waals surface area contributed by atoms with Crippen molar-refractivity contribution >= 4 is 11.8 Å². The quantitative estimate of drug-likeness (QED) is 0.719. The second kappa shape index (κ2) is 10.2. The lowest BCUT2D eigenvalue weighted by molar-refractivity contribution is -0.132. The van der Waals surface area contributed by atoms with Crippen LogP contribution in [0.3, 0.4) is 0 Å². The summed E-state index contributed by atoms with van der Waals surface area (Å²) in [5.41, 5.74) is 4.58. The van der Waals surface area contributed by atoms with Gasteiger partial charge in [0.2, 0.25) is 11.8 Å². The number of aryl methyl sites for hydroxylation is 1. The molecule has 0 aliphatic carbocycles. The third-order valence-corrected chi connectivity index (χ3v) is 6.68. The minimum atomic E-state index is 0.110. The minimum absolute atomic E-state index is 0.110. The number of pyridine rings is 1. The van der Waals surface area contributed by atoms with E-state index >= 15 is 0 Å².